The van der Waals surface area contributed by atoms with Gasteiger partial charge in [0.1, 0.15) is 24.1 Å². The van der Waals surface area contributed by atoms with E-state index in [1.54, 1.807) is 26.0 Å². The Labute approximate surface area is 178 Å². The van der Waals surface area contributed by atoms with Crippen molar-refractivity contribution in [1.82, 2.24) is 14.9 Å². The second-order valence-corrected chi connectivity index (χ2v) is 7.93. The molecule has 2 fully saturated rings. The average Bonchev–Trinajstić information content (AvgIpc) is 3.07. The summed E-state index contributed by atoms with van der Waals surface area (Å²) in [6.07, 6.45) is -0.0517. The van der Waals surface area contributed by atoms with Crippen LogP contribution in [0.2, 0.25) is 0 Å². The van der Waals surface area contributed by atoms with Crippen LogP contribution in [0.1, 0.15) is 19.9 Å². The summed E-state index contributed by atoms with van der Waals surface area (Å²) in [7, 11) is 0. The standard InChI is InChI=1S/C21H25N3O7/c1-21(2)30-18-14(24-9-8-16(25)23-20(24)27)11-29-15(19(18)31-21)10-22-17(26)12-28-13-6-4-3-5-7-13/h3-9,14-15,18-19H,10-12H2,1-2H3,(H,22,26)(H,23,25,27)/t14-,15-,18+,19-/m1/s1. The third-order valence-electron chi connectivity index (χ3n) is 5.21. The molecule has 1 amide bonds. The van der Waals surface area contributed by atoms with Crippen LogP contribution in [-0.2, 0) is 19.0 Å². The van der Waals surface area contributed by atoms with E-state index in [2.05, 4.69) is 10.3 Å². The molecule has 2 aliphatic heterocycles. The lowest BCUT2D eigenvalue weighted by Crippen LogP contribution is -2.54. The minimum Gasteiger partial charge on any atom is -0.484 e. The van der Waals surface area contributed by atoms with Gasteiger partial charge >= 0.3 is 5.69 Å². The first kappa shape index (κ1) is 21.3. The highest BCUT2D eigenvalue weighted by Crippen LogP contribution is 2.39. The van der Waals surface area contributed by atoms with Crippen LogP contribution in [0.15, 0.2) is 52.2 Å². The number of nitrogens with one attached hydrogen (secondary N) is 2. The van der Waals surface area contributed by atoms with Crippen molar-refractivity contribution in [3.63, 3.8) is 0 Å². The van der Waals surface area contributed by atoms with Gasteiger partial charge in [0.2, 0.25) is 0 Å². The van der Waals surface area contributed by atoms with E-state index in [-0.39, 0.29) is 25.7 Å². The molecule has 1 aromatic heterocycles. The number of ether oxygens (including phenoxy) is 4. The minimum absolute atomic E-state index is 0.122. The first-order valence-electron chi connectivity index (χ1n) is 10.1. The largest absolute Gasteiger partial charge is 0.484 e. The Hall–Kier alpha value is -2.95. The average molecular weight is 431 g/mol. The Bertz CT molecular complexity index is 1030. The van der Waals surface area contributed by atoms with Gasteiger partial charge in [-0.2, -0.15) is 0 Å². The fraction of sp³-hybridized carbons (Fsp3) is 0.476. The molecule has 3 heterocycles. The van der Waals surface area contributed by atoms with Crippen LogP contribution in [-0.4, -0.2) is 59.3 Å². The van der Waals surface area contributed by atoms with Gasteiger partial charge < -0.3 is 24.3 Å². The van der Waals surface area contributed by atoms with Crippen molar-refractivity contribution in [2.45, 2.75) is 44.0 Å². The molecule has 10 heteroatoms. The van der Waals surface area contributed by atoms with E-state index >= 15 is 0 Å². The van der Waals surface area contributed by atoms with Crippen LogP contribution in [0.5, 0.6) is 5.75 Å². The number of H-pyrrole nitrogens is 1. The molecule has 2 aromatic rings. The highest BCUT2D eigenvalue weighted by atomic mass is 16.8. The van der Waals surface area contributed by atoms with Gasteiger partial charge in [-0.05, 0) is 26.0 Å². The lowest BCUT2D eigenvalue weighted by atomic mass is 9.97. The number of hydrogen-bond acceptors (Lipinski definition) is 7. The number of aromatic amines is 1. The molecule has 166 valence electrons. The van der Waals surface area contributed by atoms with E-state index < -0.39 is 41.4 Å². The van der Waals surface area contributed by atoms with Crippen molar-refractivity contribution in [3.05, 3.63) is 63.4 Å². The Morgan fingerprint density at radius 1 is 1.19 bits per heavy atom. The van der Waals surface area contributed by atoms with Gasteiger partial charge in [-0.25, -0.2) is 4.79 Å². The summed E-state index contributed by atoms with van der Waals surface area (Å²) in [6.45, 7) is 3.80. The zero-order chi connectivity index (χ0) is 22.0. The maximum absolute atomic E-state index is 12.3. The summed E-state index contributed by atoms with van der Waals surface area (Å²) < 4.78 is 24.9. The zero-order valence-corrected chi connectivity index (χ0v) is 17.3. The number of carbonyl (C=O) groups excluding carboxylic acids is 1. The summed E-state index contributed by atoms with van der Waals surface area (Å²) in [6, 6.07) is 9.85. The molecule has 0 saturated carbocycles. The Balaban J connectivity index is 1.40. The van der Waals surface area contributed by atoms with Gasteiger partial charge in [0.15, 0.2) is 12.4 Å². The number of hydrogen-bond donors (Lipinski definition) is 2. The number of carbonyl (C=O) groups is 1. The Kier molecular flexibility index (Phi) is 5.94. The number of benzene rings is 1. The summed E-state index contributed by atoms with van der Waals surface area (Å²) in [4.78, 5) is 38.1. The number of amides is 1. The lowest BCUT2D eigenvalue weighted by molar-refractivity contribution is -0.153. The lowest BCUT2D eigenvalue weighted by Gasteiger charge is -2.37. The molecule has 0 unspecified atom stereocenters. The molecule has 2 N–H and O–H groups in total. The molecule has 1 aromatic carbocycles. The number of para-hydroxylation sites is 1. The van der Waals surface area contributed by atoms with Gasteiger partial charge in [-0.3, -0.25) is 19.1 Å². The van der Waals surface area contributed by atoms with Gasteiger partial charge in [-0.15, -0.1) is 0 Å². The van der Waals surface area contributed by atoms with Crippen molar-refractivity contribution in [3.8, 4) is 5.75 Å². The van der Waals surface area contributed by atoms with Gasteiger partial charge in [0, 0.05) is 18.8 Å². The van der Waals surface area contributed by atoms with Crippen LogP contribution in [0.25, 0.3) is 0 Å². The van der Waals surface area contributed by atoms with E-state index in [0.717, 1.165) is 0 Å². The molecule has 2 saturated heterocycles. The van der Waals surface area contributed by atoms with E-state index in [0.29, 0.717) is 5.75 Å². The van der Waals surface area contributed by atoms with Gasteiger partial charge in [0.05, 0.1) is 12.6 Å². The molecule has 0 aliphatic carbocycles. The molecule has 31 heavy (non-hydrogen) atoms. The molecule has 0 radical (unpaired) electrons. The second-order valence-electron chi connectivity index (χ2n) is 7.93. The van der Waals surface area contributed by atoms with E-state index in [1.807, 2.05) is 18.2 Å². The van der Waals surface area contributed by atoms with Crippen LogP contribution in [0.3, 0.4) is 0 Å². The van der Waals surface area contributed by atoms with Crippen LogP contribution >= 0.6 is 0 Å². The summed E-state index contributed by atoms with van der Waals surface area (Å²) in [5, 5.41) is 2.80. The van der Waals surface area contributed by atoms with Crippen molar-refractivity contribution < 1.29 is 23.7 Å². The fourth-order valence-corrected chi connectivity index (χ4v) is 3.85. The monoisotopic (exact) mass is 431 g/mol. The predicted molar refractivity (Wildman–Crippen MR) is 109 cm³/mol. The highest BCUT2D eigenvalue weighted by Gasteiger charge is 2.52. The van der Waals surface area contributed by atoms with Gasteiger partial charge in [0.25, 0.3) is 11.5 Å². The molecule has 2 aliphatic rings. The minimum atomic E-state index is -0.883. The first-order chi connectivity index (χ1) is 14.8. The quantitative estimate of drug-likeness (QED) is 0.670. The third kappa shape index (κ3) is 4.87. The summed E-state index contributed by atoms with van der Waals surface area (Å²) in [5.74, 6) is -0.567. The topological polar surface area (TPSA) is 121 Å². The van der Waals surface area contributed by atoms with Gasteiger partial charge in [-0.1, -0.05) is 18.2 Å². The fourth-order valence-electron chi connectivity index (χ4n) is 3.85. The molecular formula is C21H25N3O7. The summed E-state index contributed by atoms with van der Waals surface area (Å²) >= 11 is 0. The predicted octanol–water partition coefficient (Wildman–Crippen LogP) is 0.192. The Morgan fingerprint density at radius 3 is 2.68 bits per heavy atom. The highest BCUT2D eigenvalue weighted by molar-refractivity contribution is 5.77. The van der Waals surface area contributed by atoms with Crippen molar-refractivity contribution >= 4 is 5.91 Å². The molecule has 0 spiro atoms. The van der Waals surface area contributed by atoms with Crippen molar-refractivity contribution in [1.29, 1.82) is 0 Å². The SMILES string of the molecule is CC1(C)O[C@@H]2[C@H](O1)[C@@H](CNC(=O)COc1ccccc1)OC[C@H]2n1ccc(=O)[nH]c1=O. The van der Waals surface area contributed by atoms with E-state index in [4.69, 9.17) is 18.9 Å². The van der Waals surface area contributed by atoms with Crippen LogP contribution < -0.4 is 21.3 Å². The number of rotatable bonds is 6. The van der Waals surface area contributed by atoms with Crippen molar-refractivity contribution in [2.75, 3.05) is 19.8 Å². The van der Waals surface area contributed by atoms with Crippen molar-refractivity contribution in [2.24, 2.45) is 0 Å². The normalized spacial score (nSPS) is 26.8. The molecule has 4 atom stereocenters. The molecular weight excluding hydrogens is 406 g/mol. The Morgan fingerprint density at radius 2 is 1.94 bits per heavy atom. The first-order valence-corrected chi connectivity index (χ1v) is 10.1. The maximum atomic E-state index is 12.3. The molecule has 0 bridgehead atoms. The van der Waals surface area contributed by atoms with Crippen LogP contribution in [0.4, 0.5) is 0 Å². The third-order valence-corrected chi connectivity index (χ3v) is 5.21. The van der Waals surface area contributed by atoms with Crippen LogP contribution in [0, 0.1) is 0 Å². The number of fused-ring (bicyclic) bond motifs is 1. The smallest absolute Gasteiger partial charge is 0.328 e. The summed E-state index contributed by atoms with van der Waals surface area (Å²) in [5.41, 5.74) is -1.02. The second kappa shape index (κ2) is 8.66. The number of nitrogens with zero attached hydrogens (tertiary/aromatic N) is 1. The number of aromatic nitrogens is 2. The van der Waals surface area contributed by atoms with E-state index in [1.165, 1.54) is 16.8 Å². The zero-order valence-electron chi connectivity index (χ0n) is 17.3. The molecule has 10 nitrogen and oxygen atoms in total. The van der Waals surface area contributed by atoms with E-state index in [9.17, 15) is 14.4 Å². The maximum Gasteiger partial charge on any atom is 0.328 e. The molecule has 4 rings (SSSR count).